The predicted molar refractivity (Wildman–Crippen MR) is 114 cm³/mol. The van der Waals surface area contributed by atoms with Crippen LogP contribution in [0.5, 0.6) is 0 Å². The lowest BCUT2D eigenvalue weighted by atomic mass is 9.98. The summed E-state index contributed by atoms with van der Waals surface area (Å²) in [5.41, 5.74) is 3.80. The van der Waals surface area contributed by atoms with Gasteiger partial charge in [0, 0.05) is 63.7 Å². The first kappa shape index (κ1) is 30.1. The lowest BCUT2D eigenvalue weighted by molar-refractivity contribution is -0.193. The molecule has 1 fully saturated rings. The Bertz CT molecular complexity index is 1020. The molecule has 1 unspecified atom stereocenters. The molecule has 16 heteroatoms. The quantitative estimate of drug-likeness (QED) is 0.534. The van der Waals surface area contributed by atoms with Crippen LogP contribution in [-0.4, -0.2) is 78.5 Å². The molecule has 37 heavy (non-hydrogen) atoms. The van der Waals surface area contributed by atoms with Crippen LogP contribution in [0.15, 0.2) is 18.7 Å². The van der Waals surface area contributed by atoms with Crippen molar-refractivity contribution in [3.63, 3.8) is 0 Å². The molecular formula is C21H27F6N5O5. The summed E-state index contributed by atoms with van der Waals surface area (Å²) in [6, 6.07) is 0. The smallest absolute Gasteiger partial charge is 0.475 e. The lowest BCUT2D eigenvalue weighted by Crippen LogP contribution is -2.36. The molecule has 0 bridgehead atoms. The number of ether oxygens (including phenoxy) is 1. The van der Waals surface area contributed by atoms with Crippen molar-refractivity contribution >= 4 is 11.9 Å². The number of aromatic nitrogens is 4. The number of alkyl halides is 6. The van der Waals surface area contributed by atoms with Crippen molar-refractivity contribution in [2.24, 2.45) is 20.0 Å². The second-order valence-corrected chi connectivity index (χ2v) is 8.66. The zero-order valence-corrected chi connectivity index (χ0v) is 20.0. The Kier molecular flexibility index (Phi) is 10.1. The van der Waals surface area contributed by atoms with Gasteiger partial charge in [-0.05, 0) is 18.8 Å². The van der Waals surface area contributed by atoms with E-state index in [1.165, 1.54) is 29.8 Å². The number of rotatable bonds is 6. The van der Waals surface area contributed by atoms with Gasteiger partial charge in [0.2, 0.25) is 0 Å². The number of fused-ring (bicyclic) bond motifs is 1. The summed E-state index contributed by atoms with van der Waals surface area (Å²) < 4.78 is 73.5. The van der Waals surface area contributed by atoms with E-state index in [4.69, 9.17) is 24.5 Å². The van der Waals surface area contributed by atoms with Crippen LogP contribution in [0.25, 0.3) is 0 Å². The van der Waals surface area contributed by atoms with Crippen molar-refractivity contribution in [1.29, 1.82) is 0 Å². The van der Waals surface area contributed by atoms with Gasteiger partial charge in [0.25, 0.3) is 0 Å². The number of aliphatic carboxylic acids is 2. The van der Waals surface area contributed by atoms with Crippen LogP contribution in [0.3, 0.4) is 0 Å². The molecule has 2 N–H and O–H groups in total. The standard InChI is InChI=1S/C17H25N5O.2C2HF3O2/c1-20-12-18-16-9-22(7-14-5-19-21(2)6-14)8-15(17(16)20)11-23-10-13-3-4-13;2*3-2(4,5)1(6)7/h5-6,12-13,15H,3-4,7-11H2,1-2H3;2*(H,6,7). The highest BCUT2D eigenvalue weighted by molar-refractivity contribution is 5.73. The van der Waals surface area contributed by atoms with Crippen LogP contribution in [0.4, 0.5) is 26.3 Å². The van der Waals surface area contributed by atoms with E-state index >= 15 is 0 Å². The Morgan fingerprint density at radius 2 is 1.62 bits per heavy atom. The summed E-state index contributed by atoms with van der Waals surface area (Å²) in [4.78, 5) is 24.9. The molecule has 1 saturated carbocycles. The molecular weight excluding hydrogens is 516 g/mol. The van der Waals surface area contributed by atoms with E-state index in [1.807, 2.05) is 24.3 Å². The van der Waals surface area contributed by atoms with Gasteiger partial charge >= 0.3 is 24.3 Å². The second kappa shape index (κ2) is 12.4. The molecule has 1 aliphatic carbocycles. The van der Waals surface area contributed by atoms with Gasteiger partial charge in [0.1, 0.15) is 0 Å². The Labute approximate surface area is 207 Å². The molecule has 0 amide bonds. The summed E-state index contributed by atoms with van der Waals surface area (Å²) in [6.07, 6.45) is -1.51. The summed E-state index contributed by atoms with van der Waals surface area (Å²) in [7, 11) is 4.06. The molecule has 0 aromatic carbocycles. The zero-order chi connectivity index (χ0) is 28.0. The van der Waals surface area contributed by atoms with Crippen molar-refractivity contribution in [3.05, 3.63) is 35.7 Å². The Morgan fingerprint density at radius 1 is 1.05 bits per heavy atom. The van der Waals surface area contributed by atoms with Crippen molar-refractivity contribution < 1.29 is 50.9 Å². The highest BCUT2D eigenvalue weighted by Gasteiger charge is 2.39. The molecule has 3 heterocycles. The van der Waals surface area contributed by atoms with E-state index in [9.17, 15) is 26.3 Å². The lowest BCUT2D eigenvalue weighted by Gasteiger charge is -2.32. The third-order valence-corrected chi connectivity index (χ3v) is 5.32. The summed E-state index contributed by atoms with van der Waals surface area (Å²) >= 11 is 0. The highest BCUT2D eigenvalue weighted by atomic mass is 19.4. The first-order valence-electron chi connectivity index (χ1n) is 11.0. The SMILES string of the molecule is Cn1cc(CN2Cc3ncn(C)c3C(COCC3CC3)C2)cn1.O=C(O)C(F)(F)F.O=C(O)C(F)(F)F. The maximum Gasteiger partial charge on any atom is 0.490 e. The fourth-order valence-electron chi connectivity index (χ4n) is 3.53. The van der Waals surface area contributed by atoms with Crippen molar-refractivity contribution in [3.8, 4) is 0 Å². The van der Waals surface area contributed by atoms with E-state index in [2.05, 4.69) is 32.8 Å². The average molecular weight is 543 g/mol. The third-order valence-electron chi connectivity index (χ3n) is 5.32. The average Bonchev–Trinajstić information content (AvgIpc) is 3.39. The van der Waals surface area contributed by atoms with Crippen LogP contribution in [0, 0.1) is 5.92 Å². The number of carboxylic acid groups (broad SMARTS) is 2. The minimum absolute atomic E-state index is 0.404. The fraction of sp³-hybridized carbons (Fsp3) is 0.619. The molecule has 4 rings (SSSR count). The molecule has 1 aliphatic heterocycles. The molecule has 0 saturated heterocycles. The van der Waals surface area contributed by atoms with Crippen molar-refractivity contribution in [2.75, 3.05) is 19.8 Å². The minimum Gasteiger partial charge on any atom is -0.475 e. The highest BCUT2D eigenvalue weighted by Crippen LogP contribution is 2.31. The van der Waals surface area contributed by atoms with Gasteiger partial charge in [-0.3, -0.25) is 9.58 Å². The molecule has 0 spiro atoms. The topological polar surface area (TPSA) is 123 Å². The number of aryl methyl sites for hydroxylation is 2. The molecule has 2 aromatic rings. The summed E-state index contributed by atoms with van der Waals surface area (Å²) in [5.74, 6) is -4.29. The fourth-order valence-corrected chi connectivity index (χ4v) is 3.53. The van der Waals surface area contributed by atoms with E-state index < -0.39 is 24.3 Å². The monoisotopic (exact) mass is 543 g/mol. The summed E-state index contributed by atoms with van der Waals surface area (Å²) in [6.45, 7) is 4.57. The molecule has 2 aromatic heterocycles. The normalized spacial score (nSPS) is 17.7. The maximum absolute atomic E-state index is 10.6. The van der Waals surface area contributed by atoms with Gasteiger partial charge in [0.15, 0.2) is 0 Å². The number of carbonyl (C=O) groups is 2. The van der Waals surface area contributed by atoms with Crippen molar-refractivity contribution in [2.45, 2.75) is 44.2 Å². The number of imidazole rings is 1. The first-order chi connectivity index (χ1) is 17.1. The number of nitrogens with zero attached hydrogens (tertiary/aromatic N) is 5. The summed E-state index contributed by atoms with van der Waals surface area (Å²) in [5, 5.41) is 18.5. The van der Waals surface area contributed by atoms with Gasteiger partial charge in [-0.25, -0.2) is 14.6 Å². The van der Waals surface area contributed by atoms with Gasteiger partial charge in [0.05, 0.1) is 24.8 Å². The minimum atomic E-state index is -5.08. The third kappa shape index (κ3) is 10.0. The zero-order valence-electron chi connectivity index (χ0n) is 20.0. The number of halogens is 6. The van der Waals surface area contributed by atoms with Gasteiger partial charge < -0.3 is 19.5 Å². The van der Waals surface area contributed by atoms with E-state index in [-0.39, 0.29) is 0 Å². The van der Waals surface area contributed by atoms with Crippen LogP contribution in [-0.2, 0) is 41.5 Å². The molecule has 10 nitrogen and oxygen atoms in total. The van der Waals surface area contributed by atoms with Crippen LogP contribution in [0.2, 0.25) is 0 Å². The van der Waals surface area contributed by atoms with E-state index in [0.29, 0.717) is 5.92 Å². The Balaban J connectivity index is 0.000000286. The van der Waals surface area contributed by atoms with E-state index in [0.717, 1.165) is 38.8 Å². The number of hydrogen-bond acceptors (Lipinski definition) is 6. The maximum atomic E-state index is 10.6. The van der Waals surface area contributed by atoms with Crippen molar-refractivity contribution in [1.82, 2.24) is 24.2 Å². The van der Waals surface area contributed by atoms with Gasteiger partial charge in [-0.15, -0.1) is 0 Å². The van der Waals surface area contributed by atoms with E-state index in [1.54, 1.807) is 0 Å². The molecule has 208 valence electrons. The first-order valence-corrected chi connectivity index (χ1v) is 11.0. The van der Waals surface area contributed by atoms with Gasteiger partial charge in [-0.2, -0.15) is 31.4 Å². The number of hydrogen-bond donors (Lipinski definition) is 2. The van der Waals surface area contributed by atoms with Gasteiger partial charge in [-0.1, -0.05) is 0 Å². The molecule has 2 aliphatic rings. The van der Waals surface area contributed by atoms with Crippen LogP contribution < -0.4 is 0 Å². The Morgan fingerprint density at radius 3 is 2.08 bits per heavy atom. The second-order valence-electron chi connectivity index (χ2n) is 8.66. The molecule has 1 atom stereocenters. The predicted octanol–water partition coefficient (Wildman–Crippen LogP) is 2.95. The van der Waals surface area contributed by atoms with Crippen LogP contribution in [0.1, 0.15) is 35.7 Å². The Hall–Kier alpha value is -3.14. The largest absolute Gasteiger partial charge is 0.490 e. The van der Waals surface area contributed by atoms with Crippen LogP contribution >= 0.6 is 0 Å². The molecule has 0 radical (unpaired) electrons. The number of carboxylic acids is 2.